The molecule has 0 aliphatic heterocycles. The van der Waals surface area contributed by atoms with Gasteiger partial charge in [-0.1, -0.05) is 18.0 Å². The van der Waals surface area contributed by atoms with Crippen LogP contribution in [0.1, 0.15) is 36.2 Å². The van der Waals surface area contributed by atoms with E-state index in [0.29, 0.717) is 12.2 Å². The molecule has 5 heteroatoms. The van der Waals surface area contributed by atoms with Crippen LogP contribution in [-0.2, 0) is 0 Å². The summed E-state index contributed by atoms with van der Waals surface area (Å²) in [4.78, 5) is 11.7. The highest BCUT2D eigenvalue weighted by atomic mass is 16.5. The van der Waals surface area contributed by atoms with Crippen LogP contribution in [-0.4, -0.2) is 23.1 Å². The van der Waals surface area contributed by atoms with E-state index in [0.717, 1.165) is 25.7 Å². The number of carbonyl (C=O) groups is 1. The number of hydrogen-bond acceptors (Lipinski definition) is 4. The van der Waals surface area contributed by atoms with Gasteiger partial charge in [0, 0.05) is 12.6 Å². The second-order valence-corrected chi connectivity index (χ2v) is 4.03. The molecule has 1 aromatic rings. The zero-order valence-electron chi connectivity index (χ0n) is 8.53. The number of nitrogens with two attached hydrogens (primary N) is 1. The first-order valence-corrected chi connectivity index (χ1v) is 5.19. The molecule has 1 fully saturated rings. The predicted molar refractivity (Wildman–Crippen MR) is 54.2 cm³/mol. The summed E-state index contributed by atoms with van der Waals surface area (Å²) in [5.74, 6) is -0.198. The van der Waals surface area contributed by atoms with E-state index in [9.17, 15) is 4.79 Å². The standard InChI is InChI=1S/C10H15N3O2/c11-7-10(4-1-2-5-10)12-9(14)8-3-6-15-13-8/h3,6H,1-2,4-5,7,11H2,(H,12,14). The minimum Gasteiger partial charge on any atom is -0.364 e. The molecule has 0 saturated heterocycles. The maximum Gasteiger partial charge on any atom is 0.273 e. The van der Waals surface area contributed by atoms with E-state index < -0.39 is 0 Å². The molecule has 1 aliphatic carbocycles. The van der Waals surface area contributed by atoms with Crippen molar-refractivity contribution in [2.45, 2.75) is 31.2 Å². The SMILES string of the molecule is NCC1(NC(=O)c2ccon2)CCCC1. The van der Waals surface area contributed by atoms with Crippen LogP contribution in [0.2, 0.25) is 0 Å². The first-order chi connectivity index (χ1) is 7.26. The molecule has 0 aromatic carbocycles. The number of amides is 1. The molecule has 1 saturated carbocycles. The molecule has 0 spiro atoms. The molecule has 0 bridgehead atoms. The van der Waals surface area contributed by atoms with E-state index in [1.54, 1.807) is 6.07 Å². The van der Waals surface area contributed by atoms with Gasteiger partial charge in [-0.05, 0) is 12.8 Å². The van der Waals surface area contributed by atoms with Crippen LogP contribution in [0.25, 0.3) is 0 Å². The Balaban J connectivity index is 2.04. The molecule has 1 amide bonds. The van der Waals surface area contributed by atoms with Gasteiger partial charge >= 0.3 is 0 Å². The van der Waals surface area contributed by atoms with Gasteiger partial charge in [-0.25, -0.2) is 0 Å². The highest BCUT2D eigenvalue weighted by Gasteiger charge is 2.34. The van der Waals surface area contributed by atoms with Gasteiger partial charge in [0.25, 0.3) is 5.91 Å². The van der Waals surface area contributed by atoms with E-state index in [4.69, 9.17) is 5.73 Å². The van der Waals surface area contributed by atoms with Crippen molar-refractivity contribution in [1.82, 2.24) is 10.5 Å². The van der Waals surface area contributed by atoms with Crippen LogP contribution in [0, 0.1) is 0 Å². The van der Waals surface area contributed by atoms with Gasteiger partial charge in [0.2, 0.25) is 0 Å². The van der Waals surface area contributed by atoms with Gasteiger partial charge in [0.1, 0.15) is 6.26 Å². The van der Waals surface area contributed by atoms with Crippen molar-refractivity contribution in [2.75, 3.05) is 6.54 Å². The smallest absolute Gasteiger partial charge is 0.273 e. The largest absolute Gasteiger partial charge is 0.364 e. The van der Waals surface area contributed by atoms with Crippen LogP contribution >= 0.6 is 0 Å². The fraction of sp³-hybridized carbons (Fsp3) is 0.600. The van der Waals surface area contributed by atoms with Crippen LogP contribution in [0.4, 0.5) is 0 Å². The van der Waals surface area contributed by atoms with Crippen molar-refractivity contribution in [2.24, 2.45) is 5.73 Å². The van der Waals surface area contributed by atoms with Crippen molar-refractivity contribution in [3.63, 3.8) is 0 Å². The average Bonchev–Trinajstić information content (AvgIpc) is 2.88. The Morgan fingerprint density at radius 3 is 2.87 bits per heavy atom. The average molecular weight is 209 g/mol. The monoisotopic (exact) mass is 209 g/mol. The fourth-order valence-corrected chi connectivity index (χ4v) is 2.07. The summed E-state index contributed by atoms with van der Waals surface area (Å²) in [6.45, 7) is 0.483. The molecule has 1 heterocycles. The number of hydrogen-bond donors (Lipinski definition) is 2. The van der Waals surface area contributed by atoms with E-state index in [2.05, 4.69) is 15.0 Å². The zero-order valence-corrected chi connectivity index (χ0v) is 8.53. The number of rotatable bonds is 3. The normalized spacial score (nSPS) is 19.0. The highest BCUT2D eigenvalue weighted by molar-refractivity contribution is 5.92. The molecular weight excluding hydrogens is 194 g/mol. The van der Waals surface area contributed by atoms with Crippen LogP contribution in [0.15, 0.2) is 16.9 Å². The van der Waals surface area contributed by atoms with E-state index in [-0.39, 0.29) is 11.4 Å². The van der Waals surface area contributed by atoms with Gasteiger partial charge in [-0.3, -0.25) is 4.79 Å². The lowest BCUT2D eigenvalue weighted by molar-refractivity contribution is 0.0894. The van der Waals surface area contributed by atoms with Crippen molar-refractivity contribution >= 4 is 5.91 Å². The van der Waals surface area contributed by atoms with E-state index in [1.807, 2.05) is 0 Å². The minimum absolute atomic E-state index is 0.198. The first kappa shape index (κ1) is 10.2. The van der Waals surface area contributed by atoms with Crippen LogP contribution in [0.3, 0.4) is 0 Å². The molecule has 1 aliphatic rings. The van der Waals surface area contributed by atoms with E-state index >= 15 is 0 Å². The second kappa shape index (κ2) is 4.02. The molecule has 0 unspecified atom stereocenters. The maximum atomic E-state index is 11.7. The Hall–Kier alpha value is -1.36. The lowest BCUT2D eigenvalue weighted by Gasteiger charge is -2.28. The molecule has 3 N–H and O–H groups in total. The van der Waals surface area contributed by atoms with Crippen molar-refractivity contribution in [1.29, 1.82) is 0 Å². The molecule has 15 heavy (non-hydrogen) atoms. The predicted octanol–water partition coefficient (Wildman–Crippen LogP) is 0.676. The van der Waals surface area contributed by atoms with E-state index in [1.165, 1.54) is 6.26 Å². The summed E-state index contributed by atoms with van der Waals surface area (Å²) in [5.41, 5.74) is 5.80. The number of nitrogens with one attached hydrogen (secondary N) is 1. The maximum absolute atomic E-state index is 11.7. The Labute approximate surface area is 88.0 Å². The minimum atomic E-state index is -0.226. The molecule has 82 valence electrons. The van der Waals surface area contributed by atoms with Crippen molar-refractivity contribution in [3.05, 3.63) is 18.0 Å². The summed E-state index contributed by atoms with van der Waals surface area (Å²) in [5, 5.41) is 6.55. The fourth-order valence-electron chi connectivity index (χ4n) is 2.07. The van der Waals surface area contributed by atoms with Gasteiger partial charge in [-0.15, -0.1) is 0 Å². The van der Waals surface area contributed by atoms with Gasteiger partial charge in [0.15, 0.2) is 5.69 Å². The molecule has 2 rings (SSSR count). The molecular formula is C10H15N3O2. The van der Waals surface area contributed by atoms with Crippen molar-refractivity contribution in [3.8, 4) is 0 Å². The Morgan fingerprint density at radius 2 is 2.33 bits per heavy atom. The summed E-state index contributed by atoms with van der Waals surface area (Å²) in [7, 11) is 0. The first-order valence-electron chi connectivity index (χ1n) is 5.19. The Morgan fingerprint density at radius 1 is 1.60 bits per heavy atom. The third-order valence-corrected chi connectivity index (χ3v) is 3.00. The summed E-state index contributed by atoms with van der Waals surface area (Å²) in [6.07, 6.45) is 5.53. The summed E-state index contributed by atoms with van der Waals surface area (Å²) >= 11 is 0. The summed E-state index contributed by atoms with van der Waals surface area (Å²) < 4.78 is 4.62. The molecule has 1 aromatic heterocycles. The van der Waals surface area contributed by atoms with Gasteiger partial charge in [-0.2, -0.15) is 0 Å². The molecule has 0 radical (unpaired) electrons. The Kier molecular flexibility index (Phi) is 2.73. The number of nitrogens with zero attached hydrogens (tertiary/aromatic N) is 1. The quantitative estimate of drug-likeness (QED) is 0.766. The lowest BCUT2D eigenvalue weighted by atomic mass is 9.97. The van der Waals surface area contributed by atoms with Gasteiger partial charge < -0.3 is 15.6 Å². The zero-order chi connectivity index (χ0) is 10.7. The van der Waals surface area contributed by atoms with Crippen LogP contribution < -0.4 is 11.1 Å². The molecule has 0 atom stereocenters. The van der Waals surface area contributed by atoms with Gasteiger partial charge in [0.05, 0.1) is 5.54 Å². The third-order valence-electron chi connectivity index (χ3n) is 3.00. The topological polar surface area (TPSA) is 81.1 Å². The Bertz CT molecular complexity index is 328. The number of aromatic nitrogens is 1. The van der Waals surface area contributed by atoms with Crippen LogP contribution in [0.5, 0.6) is 0 Å². The lowest BCUT2D eigenvalue weighted by Crippen LogP contribution is -2.51. The van der Waals surface area contributed by atoms with Crippen molar-refractivity contribution < 1.29 is 9.32 Å². The third kappa shape index (κ3) is 2.02. The number of carbonyl (C=O) groups excluding carboxylic acids is 1. The molecule has 5 nitrogen and oxygen atoms in total. The highest BCUT2D eigenvalue weighted by Crippen LogP contribution is 2.28. The summed E-state index contributed by atoms with van der Waals surface area (Å²) in [6, 6.07) is 1.55. The second-order valence-electron chi connectivity index (χ2n) is 4.03.